The van der Waals surface area contributed by atoms with Crippen molar-refractivity contribution >= 4 is 27.5 Å². The molecular weight excluding hydrogens is 320 g/mol. The number of anilines is 1. The molecule has 20 heavy (non-hydrogen) atoms. The van der Waals surface area contributed by atoms with Crippen LogP contribution in [0.3, 0.4) is 0 Å². The number of carbonyl (C=O) groups excluding carboxylic acids is 1. The van der Waals surface area contributed by atoms with E-state index in [0.717, 1.165) is 5.56 Å². The molecule has 0 fully saturated rings. The molecule has 1 atom stereocenters. The summed E-state index contributed by atoms with van der Waals surface area (Å²) in [4.78, 5) is 12.2. The van der Waals surface area contributed by atoms with Crippen LogP contribution in [0.25, 0.3) is 0 Å². The first-order valence-electron chi connectivity index (χ1n) is 6.13. The van der Waals surface area contributed by atoms with Crippen LogP contribution in [0.15, 0.2) is 46.9 Å². The normalized spacial score (nSPS) is 11.9. The molecule has 0 heterocycles. The van der Waals surface area contributed by atoms with E-state index in [1.807, 2.05) is 25.1 Å². The van der Waals surface area contributed by atoms with Gasteiger partial charge in [0, 0.05) is 16.2 Å². The van der Waals surface area contributed by atoms with E-state index in [0.29, 0.717) is 10.2 Å². The quantitative estimate of drug-likeness (QED) is 0.804. The lowest BCUT2D eigenvalue weighted by Gasteiger charge is -2.14. The lowest BCUT2D eigenvalue weighted by atomic mass is 10.1. The van der Waals surface area contributed by atoms with Gasteiger partial charge in [-0.25, -0.2) is 0 Å². The number of para-hydroxylation sites is 1. The molecule has 4 N–H and O–H groups in total. The van der Waals surface area contributed by atoms with Crippen LogP contribution in [0.2, 0.25) is 0 Å². The third kappa shape index (κ3) is 3.18. The van der Waals surface area contributed by atoms with Crippen molar-refractivity contribution in [2.45, 2.75) is 13.0 Å². The summed E-state index contributed by atoms with van der Waals surface area (Å²) in [5.74, 6) is -0.446. The molecule has 0 spiro atoms. The standard InChI is InChI=1S/C15H15BrN2O2/c1-9(17)11-4-2-3-5-13(11)18-15(20)12-7-6-10(16)8-14(12)19/h2-9,19H,17H2,1H3,(H,18,20). The zero-order chi connectivity index (χ0) is 14.7. The number of phenols is 1. The molecular formula is C15H15BrN2O2. The molecule has 5 heteroatoms. The van der Waals surface area contributed by atoms with Gasteiger partial charge in [-0.15, -0.1) is 0 Å². The lowest BCUT2D eigenvalue weighted by Crippen LogP contribution is -2.16. The predicted octanol–water partition coefficient (Wildman–Crippen LogP) is 3.43. The molecule has 0 saturated carbocycles. The number of rotatable bonds is 3. The van der Waals surface area contributed by atoms with E-state index in [4.69, 9.17) is 5.73 Å². The van der Waals surface area contributed by atoms with Crippen molar-refractivity contribution in [2.24, 2.45) is 5.73 Å². The lowest BCUT2D eigenvalue weighted by molar-refractivity contribution is 0.102. The van der Waals surface area contributed by atoms with Crippen LogP contribution in [-0.4, -0.2) is 11.0 Å². The maximum Gasteiger partial charge on any atom is 0.259 e. The molecule has 2 aromatic carbocycles. The van der Waals surface area contributed by atoms with Gasteiger partial charge in [-0.3, -0.25) is 4.79 Å². The van der Waals surface area contributed by atoms with E-state index in [-0.39, 0.29) is 23.3 Å². The van der Waals surface area contributed by atoms with Gasteiger partial charge in [0.15, 0.2) is 0 Å². The number of amides is 1. The molecule has 2 rings (SSSR count). The third-order valence-electron chi connectivity index (χ3n) is 2.90. The number of nitrogens with two attached hydrogens (primary N) is 1. The fraction of sp³-hybridized carbons (Fsp3) is 0.133. The minimum Gasteiger partial charge on any atom is -0.507 e. The van der Waals surface area contributed by atoms with Gasteiger partial charge < -0.3 is 16.2 Å². The number of phenolic OH excluding ortho intramolecular Hbond substituents is 1. The zero-order valence-electron chi connectivity index (χ0n) is 10.9. The van der Waals surface area contributed by atoms with Crippen LogP contribution in [0.4, 0.5) is 5.69 Å². The second kappa shape index (κ2) is 6.07. The van der Waals surface area contributed by atoms with Gasteiger partial charge in [0.25, 0.3) is 5.91 Å². The minimum absolute atomic E-state index is 0.0739. The summed E-state index contributed by atoms with van der Waals surface area (Å²) in [6.07, 6.45) is 0. The number of aromatic hydroxyl groups is 1. The Morgan fingerprint density at radius 2 is 2.00 bits per heavy atom. The van der Waals surface area contributed by atoms with Crippen molar-refractivity contribution in [1.29, 1.82) is 0 Å². The SMILES string of the molecule is CC(N)c1ccccc1NC(=O)c1ccc(Br)cc1O. The van der Waals surface area contributed by atoms with Crippen LogP contribution in [0, 0.1) is 0 Å². The Morgan fingerprint density at radius 1 is 1.30 bits per heavy atom. The zero-order valence-corrected chi connectivity index (χ0v) is 12.5. The number of nitrogens with one attached hydrogen (secondary N) is 1. The molecule has 0 aliphatic rings. The predicted molar refractivity (Wildman–Crippen MR) is 82.8 cm³/mol. The van der Waals surface area contributed by atoms with Crippen molar-refractivity contribution in [3.63, 3.8) is 0 Å². The molecule has 4 nitrogen and oxygen atoms in total. The largest absolute Gasteiger partial charge is 0.507 e. The molecule has 1 amide bonds. The van der Waals surface area contributed by atoms with Crippen LogP contribution in [0.1, 0.15) is 28.9 Å². The third-order valence-corrected chi connectivity index (χ3v) is 3.40. The van der Waals surface area contributed by atoms with Crippen LogP contribution < -0.4 is 11.1 Å². The molecule has 0 aliphatic heterocycles. The topological polar surface area (TPSA) is 75.3 Å². The Morgan fingerprint density at radius 3 is 2.65 bits per heavy atom. The molecule has 104 valence electrons. The summed E-state index contributed by atoms with van der Waals surface area (Å²) in [6.45, 7) is 1.85. The van der Waals surface area contributed by atoms with E-state index >= 15 is 0 Å². The van der Waals surface area contributed by atoms with Gasteiger partial charge in [0.05, 0.1) is 5.56 Å². The highest BCUT2D eigenvalue weighted by atomic mass is 79.9. The molecule has 2 aromatic rings. The highest BCUT2D eigenvalue weighted by molar-refractivity contribution is 9.10. The highest BCUT2D eigenvalue weighted by Gasteiger charge is 2.14. The summed E-state index contributed by atoms with van der Waals surface area (Å²) in [5, 5.41) is 12.6. The summed E-state index contributed by atoms with van der Waals surface area (Å²) in [5.41, 5.74) is 7.58. The van der Waals surface area contributed by atoms with Gasteiger partial charge in [0.1, 0.15) is 5.75 Å². The average Bonchev–Trinajstić information content (AvgIpc) is 2.38. The maximum absolute atomic E-state index is 12.2. The second-order valence-electron chi connectivity index (χ2n) is 4.49. The molecule has 0 bridgehead atoms. The van der Waals surface area contributed by atoms with Crippen LogP contribution in [0.5, 0.6) is 5.75 Å². The molecule has 1 unspecified atom stereocenters. The Kier molecular flexibility index (Phi) is 4.42. The van der Waals surface area contributed by atoms with Crippen LogP contribution >= 0.6 is 15.9 Å². The Hall–Kier alpha value is -1.85. The van der Waals surface area contributed by atoms with Gasteiger partial charge in [-0.05, 0) is 36.8 Å². The van der Waals surface area contributed by atoms with Gasteiger partial charge in [-0.2, -0.15) is 0 Å². The van der Waals surface area contributed by atoms with Gasteiger partial charge in [0.2, 0.25) is 0 Å². The Bertz CT molecular complexity index is 642. The molecule has 0 saturated heterocycles. The first-order valence-corrected chi connectivity index (χ1v) is 6.92. The fourth-order valence-electron chi connectivity index (χ4n) is 1.89. The van der Waals surface area contributed by atoms with Crippen LogP contribution in [-0.2, 0) is 0 Å². The summed E-state index contributed by atoms with van der Waals surface area (Å²) >= 11 is 3.23. The van der Waals surface area contributed by atoms with Crippen molar-refractivity contribution in [2.75, 3.05) is 5.32 Å². The summed E-state index contributed by atoms with van der Waals surface area (Å²) in [6, 6.07) is 11.9. The second-order valence-corrected chi connectivity index (χ2v) is 5.41. The fourth-order valence-corrected chi connectivity index (χ4v) is 2.24. The first kappa shape index (κ1) is 14.6. The number of hydrogen-bond donors (Lipinski definition) is 3. The Labute approximate surface area is 125 Å². The highest BCUT2D eigenvalue weighted by Crippen LogP contribution is 2.25. The van der Waals surface area contributed by atoms with Crippen molar-refractivity contribution in [3.8, 4) is 5.75 Å². The van der Waals surface area contributed by atoms with E-state index < -0.39 is 0 Å². The number of benzene rings is 2. The van der Waals surface area contributed by atoms with Crippen molar-refractivity contribution < 1.29 is 9.90 Å². The summed E-state index contributed by atoms with van der Waals surface area (Å²) in [7, 11) is 0. The van der Waals surface area contributed by atoms with E-state index in [1.165, 1.54) is 6.07 Å². The molecule has 0 radical (unpaired) electrons. The van der Waals surface area contributed by atoms with E-state index in [9.17, 15) is 9.90 Å². The average molecular weight is 335 g/mol. The minimum atomic E-state index is -0.372. The number of halogens is 1. The number of hydrogen-bond acceptors (Lipinski definition) is 3. The van der Waals surface area contributed by atoms with E-state index in [1.54, 1.807) is 18.2 Å². The monoisotopic (exact) mass is 334 g/mol. The first-order chi connectivity index (χ1) is 9.49. The molecule has 0 aromatic heterocycles. The van der Waals surface area contributed by atoms with Crippen molar-refractivity contribution in [3.05, 3.63) is 58.1 Å². The smallest absolute Gasteiger partial charge is 0.259 e. The van der Waals surface area contributed by atoms with E-state index in [2.05, 4.69) is 21.2 Å². The summed E-state index contributed by atoms with van der Waals surface area (Å²) < 4.78 is 0.711. The Balaban J connectivity index is 2.28. The molecule has 0 aliphatic carbocycles. The maximum atomic E-state index is 12.2. The van der Waals surface area contributed by atoms with Crippen molar-refractivity contribution in [1.82, 2.24) is 0 Å². The number of carbonyl (C=O) groups is 1. The van der Waals surface area contributed by atoms with Gasteiger partial charge in [-0.1, -0.05) is 34.1 Å². The van der Waals surface area contributed by atoms with Gasteiger partial charge >= 0.3 is 0 Å².